The Morgan fingerprint density at radius 2 is 2.00 bits per heavy atom. The molecule has 1 N–H and O–H groups in total. The topological polar surface area (TPSA) is 23.5 Å². The van der Waals surface area contributed by atoms with Gasteiger partial charge in [-0.25, -0.2) is 0 Å². The zero-order valence-corrected chi connectivity index (χ0v) is 9.60. The largest absolute Gasteiger partial charge is 0.388 e. The second-order valence-corrected chi connectivity index (χ2v) is 5.32. The fourth-order valence-electron chi connectivity index (χ4n) is 2.83. The number of likely N-dealkylation sites (tertiary alicyclic amines) is 1. The molecule has 2 nitrogen and oxygen atoms in total. The molecule has 1 aromatic rings. The number of hydrogen-bond acceptors (Lipinski definition) is 2. The van der Waals surface area contributed by atoms with Crippen LogP contribution in [0.1, 0.15) is 24.8 Å². The predicted molar refractivity (Wildman–Crippen MR) is 64.0 cm³/mol. The third kappa shape index (κ3) is 2.00. The molecular formula is C14H19NO. The lowest BCUT2D eigenvalue weighted by Gasteiger charge is -2.23. The third-order valence-corrected chi connectivity index (χ3v) is 3.94. The molecule has 16 heavy (non-hydrogen) atoms. The van der Waals surface area contributed by atoms with Crippen molar-refractivity contribution in [1.82, 2.24) is 4.90 Å². The number of benzene rings is 1. The summed E-state index contributed by atoms with van der Waals surface area (Å²) in [4.78, 5) is 2.38. The molecule has 0 aromatic heterocycles. The fraction of sp³-hybridized carbons (Fsp3) is 0.571. The van der Waals surface area contributed by atoms with Crippen molar-refractivity contribution in [2.45, 2.75) is 31.4 Å². The van der Waals surface area contributed by atoms with E-state index in [1.807, 2.05) is 6.07 Å². The smallest absolute Gasteiger partial charge is 0.0814 e. The predicted octanol–water partition coefficient (Wildman–Crippen LogP) is 2.03. The van der Waals surface area contributed by atoms with Gasteiger partial charge >= 0.3 is 0 Å². The molecule has 2 fully saturated rings. The maximum Gasteiger partial charge on any atom is 0.0814 e. The Labute approximate surface area is 96.9 Å². The van der Waals surface area contributed by atoms with Crippen LogP contribution < -0.4 is 0 Å². The summed E-state index contributed by atoms with van der Waals surface area (Å²) in [6.45, 7) is 2.89. The van der Waals surface area contributed by atoms with Crippen LogP contribution in [0.25, 0.3) is 0 Å². The molecule has 0 spiro atoms. The van der Waals surface area contributed by atoms with Crippen molar-refractivity contribution in [1.29, 1.82) is 0 Å². The highest BCUT2D eigenvalue weighted by atomic mass is 16.3. The van der Waals surface area contributed by atoms with Crippen LogP contribution in [-0.4, -0.2) is 28.7 Å². The third-order valence-electron chi connectivity index (χ3n) is 3.94. The van der Waals surface area contributed by atoms with Crippen LogP contribution >= 0.6 is 0 Å². The van der Waals surface area contributed by atoms with Gasteiger partial charge in [-0.3, -0.25) is 4.90 Å². The van der Waals surface area contributed by atoms with Crippen molar-refractivity contribution in [2.24, 2.45) is 5.92 Å². The molecular weight excluding hydrogens is 198 g/mol. The zero-order chi connectivity index (χ0) is 11.0. The van der Waals surface area contributed by atoms with Gasteiger partial charge < -0.3 is 5.11 Å². The first-order valence-electron chi connectivity index (χ1n) is 6.25. The van der Waals surface area contributed by atoms with Gasteiger partial charge in [0.2, 0.25) is 0 Å². The van der Waals surface area contributed by atoms with Crippen molar-refractivity contribution in [3.63, 3.8) is 0 Å². The summed E-state index contributed by atoms with van der Waals surface area (Å²) in [6, 6.07) is 10.5. The SMILES string of the molecule is OC1(C2CC2)CCN(Cc2ccccc2)C1. The van der Waals surface area contributed by atoms with E-state index in [-0.39, 0.29) is 5.60 Å². The summed E-state index contributed by atoms with van der Waals surface area (Å²) < 4.78 is 0. The fourth-order valence-corrected chi connectivity index (χ4v) is 2.83. The Bertz CT molecular complexity index is 360. The quantitative estimate of drug-likeness (QED) is 0.837. The second-order valence-electron chi connectivity index (χ2n) is 5.32. The number of hydrogen-bond donors (Lipinski definition) is 1. The van der Waals surface area contributed by atoms with E-state index in [0.29, 0.717) is 5.92 Å². The van der Waals surface area contributed by atoms with Crippen LogP contribution in [0.4, 0.5) is 0 Å². The summed E-state index contributed by atoms with van der Waals surface area (Å²) in [5, 5.41) is 10.4. The molecule has 1 aromatic carbocycles. The molecule has 1 unspecified atom stereocenters. The molecule has 1 aliphatic heterocycles. The molecule has 0 bridgehead atoms. The summed E-state index contributed by atoms with van der Waals surface area (Å²) >= 11 is 0. The van der Waals surface area contributed by atoms with Gasteiger partial charge in [0.05, 0.1) is 5.60 Å². The normalized spacial score (nSPS) is 30.8. The average molecular weight is 217 g/mol. The highest BCUT2D eigenvalue weighted by molar-refractivity contribution is 5.15. The first kappa shape index (κ1) is 10.3. The van der Waals surface area contributed by atoms with Crippen molar-refractivity contribution in [2.75, 3.05) is 13.1 Å². The van der Waals surface area contributed by atoms with Gasteiger partial charge in [0.25, 0.3) is 0 Å². The first-order valence-corrected chi connectivity index (χ1v) is 6.25. The van der Waals surface area contributed by atoms with Crippen molar-refractivity contribution in [3.8, 4) is 0 Å². The molecule has 86 valence electrons. The van der Waals surface area contributed by atoms with E-state index in [2.05, 4.69) is 29.2 Å². The van der Waals surface area contributed by atoms with Gasteiger partial charge in [0.15, 0.2) is 0 Å². The first-order chi connectivity index (χ1) is 7.76. The monoisotopic (exact) mass is 217 g/mol. The van der Waals surface area contributed by atoms with Crippen LogP contribution in [-0.2, 0) is 6.54 Å². The van der Waals surface area contributed by atoms with Gasteiger partial charge in [0, 0.05) is 19.6 Å². The van der Waals surface area contributed by atoms with Crippen molar-refractivity contribution in [3.05, 3.63) is 35.9 Å². The summed E-state index contributed by atoms with van der Waals surface area (Å²) in [7, 11) is 0. The van der Waals surface area contributed by atoms with E-state index in [1.165, 1.54) is 18.4 Å². The van der Waals surface area contributed by atoms with Gasteiger partial charge in [-0.05, 0) is 30.7 Å². The lowest BCUT2D eigenvalue weighted by Crippen LogP contribution is -2.35. The van der Waals surface area contributed by atoms with Crippen LogP contribution in [0.3, 0.4) is 0 Å². The maximum atomic E-state index is 10.4. The molecule has 1 heterocycles. The number of β-amino-alcohol motifs (C(OH)–C–C–N with tert-alkyl or cyclic N) is 1. The van der Waals surface area contributed by atoms with Crippen LogP contribution in [0.15, 0.2) is 30.3 Å². The molecule has 3 rings (SSSR count). The minimum absolute atomic E-state index is 0.366. The van der Waals surface area contributed by atoms with Crippen LogP contribution in [0, 0.1) is 5.92 Å². The summed E-state index contributed by atoms with van der Waals surface area (Å²) in [6.07, 6.45) is 3.43. The maximum absolute atomic E-state index is 10.4. The van der Waals surface area contributed by atoms with Gasteiger partial charge in [-0.15, -0.1) is 0 Å². The summed E-state index contributed by atoms with van der Waals surface area (Å²) in [5.41, 5.74) is 0.983. The molecule has 2 aliphatic rings. The Morgan fingerprint density at radius 1 is 1.25 bits per heavy atom. The molecule has 0 radical (unpaired) electrons. The molecule has 1 saturated heterocycles. The van der Waals surface area contributed by atoms with E-state index in [9.17, 15) is 5.11 Å². The lowest BCUT2D eigenvalue weighted by atomic mass is 9.97. The highest BCUT2D eigenvalue weighted by Gasteiger charge is 2.47. The average Bonchev–Trinajstić information content (AvgIpc) is 3.07. The Balaban J connectivity index is 1.62. The Kier molecular flexibility index (Phi) is 2.49. The standard InChI is InChI=1S/C14H19NO/c16-14(13-6-7-13)8-9-15(11-14)10-12-4-2-1-3-5-12/h1-5,13,16H,6-11H2. The van der Waals surface area contributed by atoms with Gasteiger partial charge in [0.1, 0.15) is 0 Å². The molecule has 1 saturated carbocycles. The van der Waals surface area contributed by atoms with Crippen LogP contribution in [0.5, 0.6) is 0 Å². The van der Waals surface area contributed by atoms with Gasteiger partial charge in [-0.2, -0.15) is 0 Å². The van der Waals surface area contributed by atoms with E-state index < -0.39 is 0 Å². The minimum atomic E-state index is -0.366. The van der Waals surface area contributed by atoms with E-state index in [1.54, 1.807) is 0 Å². The number of aliphatic hydroxyl groups is 1. The molecule has 2 heteroatoms. The van der Waals surface area contributed by atoms with E-state index >= 15 is 0 Å². The Hall–Kier alpha value is -0.860. The Morgan fingerprint density at radius 3 is 2.69 bits per heavy atom. The van der Waals surface area contributed by atoms with Gasteiger partial charge in [-0.1, -0.05) is 30.3 Å². The van der Waals surface area contributed by atoms with Crippen LogP contribution in [0.2, 0.25) is 0 Å². The van der Waals surface area contributed by atoms with E-state index in [0.717, 1.165) is 26.1 Å². The lowest BCUT2D eigenvalue weighted by molar-refractivity contribution is 0.0263. The molecule has 0 amide bonds. The second kappa shape index (κ2) is 3.86. The zero-order valence-electron chi connectivity index (χ0n) is 9.60. The number of rotatable bonds is 3. The van der Waals surface area contributed by atoms with Crippen molar-refractivity contribution >= 4 is 0 Å². The number of nitrogens with zero attached hydrogens (tertiary/aromatic N) is 1. The highest BCUT2D eigenvalue weighted by Crippen LogP contribution is 2.44. The van der Waals surface area contributed by atoms with E-state index in [4.69, 9.17) is 0 Å². The molecule has 1 aliphatic carbocycles. The molecule has 1 atom stereocenters. The van der Waals surface area contributed by atoms with Crippen molar-refractivity contribution < 1.29 is 5.11 Å². The minimum Gasteiger partial charge on any atom is -0.388 e. The summed E-state index contributed by atoms with van der Waals surface area (Å²) in [5.74, 6) is 0.591.